The summed E-state index contributed by atoms with van der Waals surface area (Å²) in [6.07, 6.45) is 1.22. The minimum Gasteiger partial charge on any atom is -0.384 e. The van der Waals surface area contributed by atoms with Crippen LogP contribution >= 0.6 is 0 Å². The summed E-state index contributed by atoms with van der Waals surface area (Å²) in [5.41, 5.74) is 5.43. The first-order valence-electron chi connectivity index (χ1n) is 6.13. The fourth-order valence-electron chi connectivity index (χ4n) is 2.06. The van der Waals surface area contributed by atoms with Gasteiger partial charge in [-0.3, -0.25) is 10.1 Å². The second-order valence-corrected chi connectivity index (χ2v) is 6.39. The predicted molar refractivity (Wildman–Crippen MR) is 73.8 cm³/mol. The van der Waals surface area contributed by atoms with Gasteiger partial charge in [0.2, 0.25) is 10.0 Å². The van der Waals surface area contributed by atoms with E-state index >= 15 is 0 Å². The normalized spacial score (nSPS) is 18.9. The van der Waals surface area contributed by atoms with Gasteiger partial charge in [-0.25, -0.2) is 12.8 Å². The lowest BCUT2D eigenvalue weighted by atomic mass is 10.1. The van der Waals surface area contributed by atoms with Gasteiger partial charge in [0.05, 0.1) is 17.5 Å². The van der Waals surface area contributed by atoms with Crippen LogP contribution in [0.4, 0.5) is 10.1 Å². The molecule has 1 aliphatic rings. The number of nitrogens with one attached hydrogen (secondary N) is 2. The zero-order chi connectivity index (χ0) is 14.8. The highest BCUT2D eigenvalue weighted by Gasteiger charge is 2.24. The number of nitrogen functional groups attached to an aromatic ring is 1. The fourth-order valence-corrected chi connectivity index (χ4v) is 3.41. The maximum atomic E-state index is 13.1. The molecule has 1 unspecified atom stereocenters. The lowest BCUT2D eigenvalue weighted by molar-refractivity contribution is 0.127. The van der Waals surface area contributed by atoms with Gasteiger partial charge in [-0.05, 0) is 31.0 Å². The van der Waals surface area contributed by atoms with Crippen LogP contribution in [0.3, 0.4) is 0 Å². The molecule has 20 heavy (non-hydrogen) atoms. The van der Waals surface area contributed by atoms with Crippen molar-refractivity contribution in [3.8, 4) is 0 Å². The van der Waals surface area contributed by atoms with Gasteiger partial charge in [0.15, 0.2) is 0 Å². The Morgan fingerprint density at radius 3 is 2.90 bits per heavy atom. The number of ether oxygens (including phenoxy) is 1. The van der Waals surface area contributed by atoms with E-state index in [0.29, 0.717) is 13.0 Å². The molecule has 1 atom stereocenters. The highest BCUT2D eigenvalue weighted by molar-refractivity contribution is 7.92. The minimum atomic E-state index is -3.64. The number of amidine groups is 1. The van der Waals surface area contributed by atoms with E-state index < -0.39 is 21.7 Å². The van der Waals surface area contributed by atoms with Crippen molar-refractivity contribution in [2.75, 3.05) is 17.1 Å². The van der Waals surface area contributed by atoms with E-state index in [4.69, 9.17) is 15.9 Å². The molecule has 1 fully saturated rings. The smallest absolute Gasteiger partial charge is 0.235 e. The number of sulfonamides is 1. The topological polar surface area (TPSA) is 105 Å². The number of benzene rings is 1. The van der Waals surface area contributed by atoms with E-state index in [-0.39, 0.29) is 23.1 Å². The SMILES string of the molecule is N=C(N)c1cc(F)ccc1NS(=O)(=O)CC1CCCO1. The average molecular weight is 301 g/mol. The van der Waals surface area contributed by atoms with Crippen LogP contribution in [0.5, 0.6) is 0 Å². The second kappa shape index (κ2) is 5.76. The Morgan fingerprint density at radius 1 is 1.55 bits per heavy atom. The monoisotopic (exact) mass is 301 g/mol. The average Bonchev–Trinajstić information content (AvgIpc) is 2.82. The molecule has 4 N–H and O–H groups in total. The van der Waals surface area contributed by atoms with Crippen molar-refractivity contribution >= 4 is 21.5 Å². The van der Waals surface area contributed by atoms with Gasteiger partial charge in [-0.15, -0.1) is 0 Å². The molecule has 0 aromatic heterocycles. The maximum Gasteiger partial charge on any atom is 0.235 e. The lowest BCUT2D eigenvalue weighted by Gasteiger charge is -2.14. The van der Waals surface area contributed by atoms with E-state index in [2.05, 4.69) is 4.72 Å². The lowest BCUT2D eigenvalue weighted by Crippen LogP contribution is -2.27. The Labute approximate surface area is 116 Å². The standard InChI is InChI=1S/C12H16FN3O3S/c13-8-3-4-11(10(6-8)12(14)15)16-20(17,18)7-9-2-1-5-19-9/h3-4,6,9,16H,1-2,5,7H2,(H3,14,15). The molecule has 1 heterocycles. The molecule has 6 nitrogen and oxygen atoms in total. The van der Waals surface area contributed by atoms with Crippen molar-refractivity contribution in [3.63, 3.8) is 0 Å². The molecule has 1 aliphatic heterocycles. The van der Waals surface area contributed by atoms with Crippen LogP contribution in [0.15, 0.2) is 18.2 Å². The Bertz CT molecular complexity index is 612. The molecular weight excluding hydrogens is 285 g/mol. The van der Waals surface area contributed by atoms with E-state index in [9.17, 15) is 12.8 Å². The Morgan fingerprint density at radius 2 is 2.30 bits per heavy atom. The summed E-state index contributed by atoms with van der Waals surface area (Å²) in [5, 5.41) is 7.36. The van der Waals surface area contributed by atoms with E-state index in [0.717, 1.165) is 18.6 Å². The van der Waals surface area contributed by atoms with Crippen LogP contribution < -0.4 is 10.5 Å². The summed E-state index contributed by atoms with van der Waals surface area (Å²) in [7, 11) is -3.64. The third kappa shape index (κ3) is 3.67. The number of anilines is 1. The Hall–Kier alpha value is -1.67. The molecule has 0 spiro atoms. The van der Waals surface area contributed by atoms with E-state index in [1.54, 1.807) is 0 Å². The Balaban J connectivity index is 2.18. The zero-order valence-corrected chi connectivity index (χ0v) is 11.5. The molecule has 0 amide bonds. The number of hydrogen-bond acceptors (Lipinski definition) is 4. The summed E-state index contributed by atoms with van der Waals surface area (Å²) in [4.78, 5) is 0. The summed E-state index contributed by atoms with van der Waals surface area (Å²) < 4.78 is 44.8. The molecule has 8 heteroatoms. The summed E-state index contributed by atoms with van der Waals surface area (Å²) in [6.45, 7) is 0.565. The first kappa shape index (κ1) is 14.7. The van der Waals surface area contributed by atoms with Crippen LogP contribution in [-0.2, 0) is 14.8 Å². The van der Waals surface area contributed by atoms with Crippen LogP contribution in [0.1, 0.15) is 18.4 Å². The van der Waals surface area contributed by atoms with Gasteiger partial charge in [0, 0.05) is 12.2 Å². The fraction of sp³-hybridized carbons (Fsp3) is 0.417. The first-order valence-corrected chi connectivity index (χ1v) is 7.78. The summed E-state index contributed by atoms with van der Waals surface area (Å²) in [6, 6.07) is 3.38. The van der Waals surface area contributed by atoms with Gasteiger partial charge in [-0.1, -0.05) is 0 Å². The molecule has 0 saturated carbocycles. The van der Waals surface area contributed by atoms with E-state index in [1.807, 2.05) is 0 Å². The molecule has 110 valence electrons. The summed E-state index contributed by atoms with van der Waals surface area (Å²) >= 11 is 0. The highest BCUT2D eigenvalue weighted by atomic mass is 32.2. The highest BCUT2D eigenvalue weighted by Crippen LogP contribution is 2.20. The first-order chi connectivity index (χ1) is 9.37. The van der Waals surface area contributed by atoms with Crippen LogP contribution in [0.25, 0.3) is 0 Å². The van der Waals surface area contributed by atoms with Crippen molar-refractivity contribution < 1.29 is 17.5 Å². The molecular formula is C12H16FN3O3S. The summed E-state index contributed by atoms with van der Waals surface area (Å²) in [5.74, 6) is -1.15. The van der Waals surface area contributed by atoms with Crippen LogP contribution in [-0.4, -0.2) is 32.7 Å². The minimum absolute atomic E-state index is 0.0147. The number of halogens is 1. The van der Waals surface area contributed by atoms with Gasteiger partial charge >= 0.3 is 0 Å². The molecule has 2 rings (SSSR count). The largest absolute Gasteiger partial charge is 0.384 e. The van der Waals surface area contributed by atoms with Gasteiger partial charge in [-0.2, -0.15) is 0 Å². The zero-order valence-electron chi connectivity index (χ0n) is 10.7. The molecule has 1 aromatic carbocycles. The molecule has 0 aliphatic carbocycles. The third-order valence-electron chi connectivity index (χ3n) is 2.97. The van der Waals surface area contributed by atoms with Crippen molar-refractivity contribution in [1.82, 2.24) is 0 Å². The molecule has 1 aromatic rings. The number of hydrogen-bond donors (Lipinski definition) is 3. The van der Waals surface area contributed by atoms with Gasteiger partial charge in [0.1, 0.15) is 11.7 Å². The van der Waals surface area contributed by atoms with Crippen molar-refractivity contribution in [3.05, 3.63) is 29.6 Å². The molecule has 0 bridgehead atoms. The van der Waals surface area contributed by atoms with Crippen molar-refractivity contribution in [1.29, 1.82) is 5.41 Å². The van der Waals surface area contributed by atoms with Crippen LogP contribution in [0.2, 0.25) is 0 Å². The molecule has 0 radical (unpaired) electrons. The van der Waals surface area contributed by atoms with Crippen LogP contribution in [0, 0.1) is 11.2 Å². The Kier molecular flexibility index (Phi) is 4.24. The predicted octanol–water partition coefficient (Wildman–Crippen LogP) is 1.03. The number of nitrogens with two attached hydrogens (primary N) is 1. The van der Waals surface area contributed by atoms with Crippen molar-refractivity contribution in [2.45, 2.75) is 18.9 Å². The third-order valence-corrected chi connectivity index (χ3v) is 4.31. The molecule has 1 saturated heterocycles. The number of rotatable bonds is 5. The second-order valence-electron chi connectivity index (χ2n) is 4.62. The maximum absolute atomic E-state index is 13.1. The van der Waals surface area contributed by atoms with Gasteiger partial charge < -0.3 is 10.5 Å². The van der Waals surface area contributed by atoms with Crippen molar-refractivity contribution in [2.24, 2.45) is 5.73 Å². The quantitative estimate of drug-likeness (QED) is 0.558. The van der Waals surface area contributed by atoms with E-state index in [1.165, 1.54) is 6.07 Å². The van der Waals surface area contributed by atoms with Gasteiger partial charge in [0.25, 0.3) is 0 Å².